The molecule has 32 heavy (non-hydrogen) atoms. The lowest BCUT2D eigenvalue weighted by Crippen LogP contribution is -2.50. The van der Waals surface area contributed by atoms with Gasteiger partial charge in [0.2, 0.25) is 0 Å². The highest BCUT2D eigenvalue weighted by molar-refractivity contribution is 5.80. The SMILES string of the molecule is CC(C)NCN1CCN(c2ccnn3cc(-c4ccc(C5COCCN5)cc4)cc23)CC1. The summed E-state index contributed by atoms with van der Waals surface area (Å²) in [7, 11) is 0. The summed E-state index contributed by atoms with van der Waals surface area (Å²) in [6, 6.07) is 14.1. The van der Waals surface area contributed by atoms with Gasteiger partial charge in [-0.25, -0.2) is 4.52 Å². The molecule has 2 N–H and O–H groups in total. The molecule has 2 aliphatic rings. The van der Waals surface area contributed by atoms with Crippen LogP contribution >= 0.6 is 0 Å². The number of piperazine rings is 1. The number of aromatic nitrogens is 2. The van der Waals surface area contributed by atoms with E-state index in [-0.39, 0.29) is 6.04 Å². The van der Waals surface area contributed by atoms with Crippen molar-refractivity contribution in [1.29, 1.82) is 0 Å². The molecule has 0 radical (unpaired) electrons. The summed E-state index contributed by atoms with van der Waals surface area (Å²) in [5.74, 6) is 0. The van der Waals surface area contributed by atoms with Crippen molar-refractivity contribution in [1.82, 2.24) is 25.1 Å². The summed E-state index contributed by atoms with van der Waals surface area (Å²) in [6.07, 6.45) is 4.05. The average molecular weight is 435 g/mol. The maximum atomic E-state index is 5.61. The zero-order valence-electron chi connectivity index (χ0n) is 19.1. The van der Waals surface area contributed by atoms with E-state index >= 15 is 0 Å². The standard InChI is InChI=1S/C25H34N6O/c1-19(2)27-18-29-10-12-30(13-11-29)24-7-8-28-31-16-22(15-25(24)31)20-3-5-21(6-4-20)23-17-32-14-9-26-23/h3-8,15-16,19,23,26-27H,9-14,17-18H2,1-2H3. The molecule has 7 nitrogen and oxygen atoms in total. The van der Waals surface area contributed by atoms with Gasteiger partial charge in [-0.2, -0.15) is 5.10 Å². The van der Waals surface area contributed by atoms with E-state index in [4.69, 9.17) is 4.74 Å². The number of hydrogen-bond donors (Lipinski definition) is 2. The van der Waals surface area contributed by atoms with Crippen molar-refractivity contribution < 1.29 is 4.74 Å². The smallest absolute Gasteiger partial charge is 0.0886 e. The molecule has 0 spiro atoms. The summed E-state index contributed by atoms with van der Waals surface area (Å²) in [5, 5.41) is 11.6. The Bertz CT molecular complexity index is 1020. The number of fused-ring (bicyclic) bond motifs is 1. The second kappa shape index (κ2) is 9.58. The Kier molecular flexibility index (Phi) is 6.41. The molecule has 170 valence electrons. The maximum absolute atomic E-state index is 5.61. The summed E-state index contributed by atoms with van der Waals surface area (Å²) in [4.78, 5) is 4.98. The highest BCUT2D eigenvalue weighted by Crippen LogP contribution is 2.29. The minimum absolute atomic E-state index is 0.286. The Morgan fingerprint density at radius 2 is 1.91 bits per heavy atom. The molecule has 0 bridgehead atoms. The Morgan fingerprint density at radius 1 is 1.09 bits per heavy atom. The lowest BCUT2D eigenvalue weighted by molar-refractivity contribution is 0.0769. The van der Waals surface area contributed by atoms with Crippen LogP contribution in [0.2, 0.25) is 0 Å². The molecule has 0 saturated carbocycles. The molecular weight excluding hydrogens is 400 g/mol. The van der Waals surface area contributed by atoms with Crippen LogP contribution in [-0.2, 0) is 4.74 Å². The largest absolute Gasteiger partial charge is 0.378 e. The van der Waals surface area contributed by atoms with Gasteiger partial charge in [0.1, 0.15) is 0 Å². The quantitative estimate of drug-likeness (QED) is 0.622. The zero-order valence-corrected chi connectivity index (χ0v) is 19.1. The van der Waals surface area contributed by atoms with Crippen LogP contribution in [-0.4, -0.2) is 73.2 Å². The fraction of sp³-hybridized carbons (Fsp3) is 0.480. The van der Waals surface area contributed by atoms with Crippen molar-refractivity contribution in [3.63, 3.8) is 0 Å². The van der Waals surface area contributed by atoms with E-state index < -0.39 is 0 Å². The van der Waals surface area contributed by atoms with Crippen LogP contribution in [0.1, 0.15) is 25.5 Å². The highest BCUT2D eigenvalue weighted by atomic mass is 16.5. The second-order valence-electron chi connectivity index (χ2n) is 9.10. The molecule has 4 heterocycles. The fourth-order valence-corrected chi connectivity index (χ4v) is 4.57. The Hall–Kier alpha value is -2.45. The van der Waals surface area contributed by atoms with Gasteiger partial charge in [-0.05, 0) is 37.1 Å². The van der Waals surface area contributed by atoms with Crippen molar-refractivity contribution >= 4 is 11.2 Å². The number of nitrogens with one attached hydrogen (secondary N) is 2. The van der Waals surface area contributed by atoms with E-state index in [0.29, 0.717) is 6.04 Å². The molecular formula is C25H34N6O. The first-order chi connectivity index (χ1) is 15.7. The third kappa shape index (κ3) is 4.66. The number of hydrogen-bond acceptors (Lipinski definition) is 6. The van der Waals surface area contributed by atoms with E-state index in [0.717, 1.165) is 52.6 Å². The number of morpholine rings is 1. The number of benzene rings is 1. The van der Waals surface area contributed by atoms with Crippen LogP contribution < -0.4 is 15.5 Å². The van der Waals surface area contributed by atoms with E-state index in [2.05, 4.69) is 82.0 Å². The summed E-state index contributed by atoms with van der Waals surface area (Å²) in [5.41, 5.74) is 6.13. The predicted octanol–water partition coefficient (Wildman–Crippen LogP) is 2.74. The van der Waals surface area contributed by atoms with Gasteiger partial charge < -0.3 is 20.3 Å². The molecule has 1 unspecified atom stereocenters. The van der Waals surface area contributed by atoms with Crippen LogP contribution in [0.4, 0.5) is 5.69 Å². The monoisotopic (exact) mass is 434 g/mol. The van der Waals surface area contributed by atoms with Crippen LogP contribution in [0.5, 0.6) is 0 Å². The van der Waals surface area contributed by atoms with Gasteiger partial charge in [-0.3, -0.25) is 4.90 Å². The van der Waals surface area contributed by atoms with Gasteiger partial charge in [0, 0.05) is 63.4 Å². The second-order valence-corrected chi connectivity index (χ2v) is 9.10. The molecule has 1 atom stereocenters. The normalized spacial score (nSPS) is 20.3. The lowest BCUT2D eigenvalue weighted by Gasteiger charge is -2.36. The molecule has 2 fully saturated rings. The minimum Gasteiger partial charge on any atom is -0.378 e. The van der Waals surface area contributed by atoms with Crippen molar-refractivity contribution in [2.45, 2.75) is 25.9 Å². The van der Waals surface area contributed by atoms with Crippen LogP contribution in [0.3, 0.4) is 0 Å². The van der Waals surface area contributed by atoms with Gasteiger partial charge in [0.25, 0.3) is 0 Å². The average Bonchev–Trinajstić information content (AvgIpc) is 3.28. The van der Waals surface area contributed by atoms with E-state index in [1.807, 2.05) is 10.7 Å². The lowest BCUT2D eigenvalue weighted by atomic mass is 10.0. The molecule has 7 heteroatoms. The summed E-state index contributed by atoms with van der Waals surface area (Å²) >= 11 is 0. The molecule has 1 aromatic carbocycles. The molecule has 0 amide bonds. The summed E-state index contributed by atoms with van der Waals surface area (Å²) < 4.78 is 7.62. The van der Waals surface area contributed by atoms with Gasteiger partial charge in [-0.15, -0.1) is 0 Å². The van der Waals surface area contributed by atoms with Gasteiger partial charge in [-0.1, -0.05) is 24.3 Å². The number of rotatable bonds is 6. The van der Waals surface area contributed by atoms with Crippen LogP contribution in [0, 0.1) is 0 Å². The predicted molar refractivity (Wildman–Crippen MR) is 129 cm³/mol. The van der Waals surface area contributed by atoms with Crippen molar-refractivity contribution in [2.24, 2.45) is 0 Å². The van der Waals surface area contributed by atoms with E-state index in [1.165, 1.54) is 27.9 Å². The van der Waals surface area contributed by atoms with Gasteiger partial charge in [0.05, 0.1) is 30.5 Å². The van der Waals surface area contributed by atoms with Crippen LogP contribution in [0.25, 0.3) is 16.6 Å². The molecule has 3 aromatic rings. The summed E-state index contributed by atoms with van der Waals surface area (Å²) in [6.45, 7) is 12.0. The third-order valence-electron chi connectivity index (χ3n) is 6.49. The Balaban J connectivity index is 1.31. The van der Waals surface area contributed by atoms with Crippen molar-refractivity contribution in [3.8, 4) is 11.1 Å². The highest BCUT2D eigenvalue weighted by Gasteiger charge is 2.20. The molecule has 2 aliphatic heterocycles. The molecule has 5 rings (SSSR count). The van der Waals surface area contributed by atoms with Gasteiger partial charge in [0.15, 0.2) is 0 Å². The first-order valence-electron chi connectivity index (χ1n) is 11.8. The van der Waals surface area contributed by atoms with Crippen molar-refractivity contribution in [2.75, 3.05) is 57.5 Å². The van der Waals surface area contributed by atoms with Gasteiger partial charge >= 0.3 is 0 Å². The first-order valence-corrected chi connectivity index (χ1v) is 11.8. The minimum atomic E-state index is 0.286. The number of anilines is 1. The Morgan fingerprint density at radius 3 is 2.62 bits per heavy atom. The third-order valence-corrected chi connectivity index (χ3v) is 6.49. The Labute approximate surface area is 190 Å². The fourth-order valence-electron chi connectivity index (χ4n) is 4.57. The number of ether oxygens (including phenoxy) is 1. The number of nitrogens with zero attached hydrogens (tertiary/aromatic N) is 4. The molecule has 2 aromatic heterocycles. The topological polar surface area (TPSA) is 57.1 Å². The first kappa shape index (κ1) is 21.4. The van der Waals surface area contributed by atoms with Crippen LogP contribution in [0.15, 0.2) is 48.8 Å². The zero-order chi connectivity index (χ0) is 21.9. The molecule has 0 aliphatic carbocycles. The van der Waals surface area contributed by atoms with Crippen molar-refractivity contribution in [3.05, 3.63) is 54.4 Å². The van der Waals surface area contributed by atoms with E-state index in [9.17, 15) is 0 Å². The maximum Gasteiger partial charge on any atom is 0.0886 e. The van der Waals surface area contributed by atoms with E-state index in [1.54, 1.807) is 0 Å². The molecule has 2 saturated heterocycles.